The van der Waals surface area contributed by atoms with Gasteiger partial charge in [-0.15, -0.1) is 0 Å². The summed E-state index contributed by atoms with van der Waals surface area (Å²) in [5.74, 6) is 0.397. The van der Waals surface area contributed by atoms with E-state index in [0.717, 1.165) is 24.0 Å². The molecule has 5 rings (SSSR count). The second-order valence-electron chi connectivity index (χ2n) is 9.83. The Labute approximate surface area is 216 Å². The molecule has 0 radical (unpaired) electrons. The molecule has 7 heteroatoms. The highest BCUT2D eigenvalue weighted by Gasteiger charge is 2.32. The molecule has 0 unspecified atom stereocenters. The zero-order chi connectivity index (χ0) is 25.6. The number of para-hydroxylation sites is 1. The molecule has 1 fully saturated rings. The van der Waals surface area contributed by atoms with E-state index in [1.165, 1.54) is 23.1 Å². The topological polar surface area (TPSA) is 77.6 Å². The van der Waals surface area contributed by atoms with Crippen LogP contribution in [0.3, 0.4) is 0 Å². The van der Waals surface area contributed by atoms with Crippen molar-refractivity contribution in [3.63, 3.8) is 0 Å². The molecular formula is C30H32FN3O3. The number of benzene rings is 3. The molecule has 0 bridgehead atoms. The number of phenols is 1. The number of amides is 1. The van der Waals surface area contributed by atoms with Gasteiger partial charge in [-0.3, -0.25) is 9.69 Å². The molecule has 1 aromatic heterocycles. The minimum Gasteiger partial charge on any atom is -0.508 e. The summed E-state index contributed by atoms with van der Waals surface area (Å²) in [4.78, 5) is 18.8. The molecule has 0 spiro atoms. The summed E-state index contributed by atoms with van der Waals surface area (Å²) >= 11 is 0. The minimum atomic E-state index is -0.331. The van der Waals surface area contributed by atoms with E-state index >= 15 is 0 Å². The van der Waals surface area contributed by atoms with Crippen LogP contribution in [0.4, 0.5) is 4.39 Å². The number of halogens is 1. The van der Waals surface area contributed by atoms with Gasteiger partial charge in [-0.1, -0.05) is 36.4 Å². The highest BCUT2D eigenvalue weighted by Crippen LogP contribution is 2.26. The van der Waals surface area contributed by atoms with Crippen molar-refractivity contribution >= 4 is 16.8 Å². The van der Waals surface area contributed by atoms with Gasteiger partial charge in [0.15, 0.2) is 0 Å². The lowest BCUT2D eigenvalue weighted by Gasteiger charge is -2.37. The first-order chi connectivity index (χ1) is 18.0. The molecule has 3 N–H and O–H groups in total. The second-order valence-corrected chi connectivity index (χ2v) is 9.83. The Balaban J connectivity index is 1.21. The number of hydrogen-bond acceptors (Lipinski definition) is 4. The monoisotopic (exact) mass is 501 g/mol. The van der Waals surface area contributed by atoms with Crippen molar-refractivity contribution in [2.24, 2.45) is 11.8 Å². The van der Waals surface area contributed by atoms with Crippen LogP contribution in [0.1, 0.15) is 17.5 Å². The van der Waals surface area contributed by atoms with Crippen molar-refractivity contribution in [3.05, 3.63) is 95.9 Å². The van der Waals surface area contributed by atoms with Gasteiger partial charge in [-0.05, 0) is 54.3 Å². The molecule has 4 aromatic rings. The Hall–Kier alpha value is -3.84. The fraction of sp³-hybridized carbons (Fsp3) is 0.300. The maximum Gasteiger partial charge on any atom is 0.224 e. The van der Waals surface area contributed by atoms with Crippen molar-refractivity contribution in [2.75, 3.05) is 26.2 Å². The van der Waals surface area contributed by atoms with E-state index in [0.29, 0.717) is 38.4 Å². The summed E-state index contributed by atoms with van der Waals surface area (Å²) in [7, 11) is 0. The average molecular weight is 502 g/mol. The van der Waals surface area contributed by atoms with E-state index in [1.54, 1.807) is 24.3 Å². The van der Waals surface area contributed by atoms with Gasteiger partial charge in [-0.2, -0.15) is 0 Å². The van der Waals surface area contributed by atoms with Crippen LogP contribution < -0.4 is 10.1 Å². The molecule has 0 aliphatic carbocycles. The highest BCUT2D eigenvalue weighted by molar-refractivity contribution is 5.83. The number of carbonyl (C=O) groups is 1. The number of fused-ring (bicyclic) bond motifs is 1. The standard InChI is InChI=1S/C30H32FN3O3/c31-25-4-3-5-27(15-25)37-20-22-14-24(19-34(18-22)17-21-8-10-26(35)11-9-21)30(36)32-13-12-23-16-33-29-7-2-1-6-28(23)29/h1-11,15-16,22,24,33,35H,12-14,17-20H2,(H,32,36)/t22-,24+/m0/s1. The van der Waals surface area contributed by atoms with Crippen LogP contribution in [0.25, 0.3) is 10.9 Å². The minimum absolute atomic E-state index is 0.0472. The normalized spacial score (nSPS) is 18.1. The number of phenolic OH excluding ortho intramolecular Hbond substituents is 1. The van der Waals surface area contributed by atoms with E-state index in [9.17, 15) is 14.3 Å². The molecule has 37 heavy (non-hydrogen) atoms. The van der Waals surface area contributed by atoms with Crippen LogP contribution >= 0.6 is 0 Å². The van der Waals surface area contributed by atoms with E-state index in [-0.39, 0.29) is 29.3 Å². The van der Waals surface area contributed by atoms with Gasteiger partial charge in [0, 0.05) is 55.3 Å². The average Bonchev–Trinajstić information content (AvgIpc) is 3.32. The van der Waals surface area contributed by atoms with Crippen LogP contribution in [0.15, 0.2) is 79.0 Å². The predicted molar refractivity (Wildman–Crippen MR) is 142 cm³/mol. The molecule has 6 nitrogen and oxygen atoms in total. The summed E-state index contributed by atoms with van der Waals surface area (Å²) in [5.41, 5.74) is 3.36. The highest BCUT2D eigenvalue weighted by atomic mass is 19.1. The lowest BCUT2D eigenvalue weighted by molar-refractivity contribution is -0.127. The summed E-state index contributed by atoms with van der Waals surface area (Å²) in [6, 6.07) is 21.5. The van der Waals surface area contributed by atoms with E-state index in [4.69, 9.17) is 4.74 Å². The van der Waals surface area contributed by atoms with Crippen molar-refractivity contribution in [1.29, 1.82) is 0 Å². The van der Waals surface area contributed by atoms with Crippen molar-refractivity contribution in [3.8, 4) is 11.5 Å². The first-order valence-electron chi connectivity index (χ1n) is 12.7. The summed E-state index contributed by atoms with van der Waals surface area (Å²) in [5, 5.41) is 13.9. The number of aromatic amines is 1. The van der Waals surface area contributed by atoms with Crippen LogP contribution in [0.2, 0.25) is 0 Å². The lowest BCUT2D eigenvalue weighted by Crippen LogP contribution is -2.47. The molecule has 192 valence electrons. The largest absolute Gasteiger partial charge is 0.508 e. The molecular weight excluding hydrogens is 469 g/mol. The molecule has 0 saturated carbocycles. The zero-order valence-corrected chi connectivity index (χ0v) is 20.7. The summed E-state index contributed by atoms with van der Waals surface area (Å²) in [6.07, 6.45) is 3.47. The number of aromatic hydroxyl groups is 1. The van der Waals surface area contributed by atoms with Crippen molar-refractivity contribution in [1.82, 2.24) is 15.2 Å². The van der Waals surface area contributed by atoms with Crippen LogP contribution in [0, 0.1) is 17.7 Å². The number of ether oxygens (including phenoxy) is 1. The number of likely N-dealkylation sites (tertiary alicyclic amines) is 1. The number of H-pyrrole nitrogens is 1. The quantitative estimate of drug-likeness (QED) is 0.305. The van der Waals surface area contributed by atoms with Gasteiger partial charge in [0.2, 0.25) is 5.91 Å². The number of aromatic nitrogens is 1. The van der Waals surface area contributed by atoms with Crippen molar-refractivity contribution < 1.29 is 19.0 Å². The van der Waals surface area contributed by atoms with Crippen LogP contribution in [-0.4, -0.2) is 47.1 Å². The van der Waals surface area contributed by atoms with Crippen LogP contribution in [-0.2, 0) is 17.8 Å². The van der Waals surface area contributed by atoms with E-state index < -0.39 is 0 Å². The molecule has 3 aromatic carbocycles. The third-order valence-corrected chi connectivity index (χ3v) is 6.98. The van der Waals surface area contributed by atoms with E-state index in [2.05, 4.69) is 21.3 Å². The number of nitrogens with zero attached hydrogens (tertiary/aromatic N) is 1. The molecule has 2 heterocycles. The zero-order valence-electron chi connectivity index (χ0n) is 20.7. The van der Waals surface area contributed by atoms with Gasteiger partial charge >= 0.3 is 0 Å². The number of hydrogen-bond donors (Lipinski definition) is 3. The van der Waals surface area contributed by atoms with Crippen molar-refractivity contribution in [2.45, 2.75) is 19.4 Å². The Morgan fingerprint density at radius 3 is 2.76 bits per heavy atom. The smallest absolute Gasteiger partial charge is 0.224 e. The fourth-order valence-corrected chi connectivity index (χ4v) is 5.18. The number of rotatable bonds is 9. The van der Waals surface area contributed by atoms with Gasteiger partial charge in [0.1, 0.15) is 17.3 Å². The first-order valence-corrected chi connectivity index (χ1v) is 12.7. The molecule has 1 amide bonds. The maximum absolute atomic E-state index is 13.6. The Kier molecular flexibility index (Phi) is 7.70. The number of nitrogens with one attached hydrogen (secondary N) is 2. The number of piperidine rings is 1. The SMILES string of the molecule is O=C(NCCc1c[nH]c2ccccc12)[C@@H]1C[C@H](COc2cccc(F)c2)CN(Cc2ccc(O)cc2)C1. The van der Waals surface area contributed by atoms with E-state index in [1.807, 2.05) is 36.5 Å². The third-order valence-electron chi connectivity index (χ3n) is 6.98. The maximum atomic E-state index is 13.6. The second kappa shape index (κ2) is 11.5. The first kappa shape index (κ1) is 24.8. The van der Waals surface area contributed by atoms with Gasteiger partial charge in [0.05, 0.1) is 12.5 Å². The molecule has 1 aliphatic rings. The Bertz CT molecular complexity index is 1340. The number of carbonyl (C=O) groups excluding carboxylic acids is 1. The molecule has 2 atom stereocenters. The molecule has 1 saturated heterocycles. The summed E-state index contributed by atoms with van der Waals surface area (Å²) < 4.78 is 19.5. The Morgan fingerprint density at radius 2 is 1.92 bits per heavy atom. The molecule has 1 aliphatic heterocycles. The van der Waals surface area contributed by atoms with Gasteiger partial charge in [-0.25, -0.2) is 4.39 Å². The van der Waals surface area contributed by atoms with Gasteiger partial charge in [0.25, 0.3) is 0 Å². The predicted octanol–water partition coefficient (Wildman–Crippen LogP) is 4.89. The lowest BCUT2D eigenvalue weighted by atomic mass is 9.88. The van der Waals surface area contributed by atoms with Gasteiger partial charge < -0.3 is 20.1 Å². The third kappa shape index (κ3) is 6.49. The Morgan fingerprint density at radius 1 is 1.08 bits per heavy atom. The fourth-order valence-electron chi connectivity index (χ4n) is 5.18. The van der Waals surface area contributed by atoms with Crippen LogP contribution in [0.5, 0.6) is 11.5 Å². The summed E-state index contributed by atoms with van der Waals surface area (Å²) in [6.45, 7) is 3.08.